The van der Waals surface area contributed by atoms with Crippen LogP contribution in [0.2, 0.25) is 0 Å². The van der Waals surface area contributed by atoms with Crippen molar-refractivity contribution < 1.29 is 27.9 Å². The number of aliphatic hydroxyl groups excluding tert-OH is 1. The van der Waals surface area contributed by atoms with Crippen molar-refractivity contribution in [3.8, 4) is 0 Å². The number of hydrogen-bond acceptors (Lipinski definition) is 7. The quantitative estimate of drug-likeness (QED) is 0.452. The lowest BCUT2D eigenvalue weighted by Gasteiger charge is -2.32. The number of aryl methyl sites for hydroxylation is 1. The molecule has 34 heavy (non-hydrogen) atoms. The summed E-state index contributed by atoms with van der Waals surface area (Å²) in [5.41, 5.74) is 0.163. The molecule has 3 rings (SSSR count). The van der Waals surface area contributed by atoms with E-state index < -0.39 is 36.0 Å². The van der Waals surface area contributed by atoms with E-state index in [0.29, 0.717) is 25.6 Å². The van der Waals surface area contributed by atoms with E-state index in [-0.39, 0.29) is 29.9 Å². The maximum absolute atomic E-state index is 13.7. The molecule has 0 spiro atoms. The Hall–Kier alpha value is -3.67. The van der Waals surface area contributed by atoms with Gasteiger partial charge < -0.3 is 26.0 Å². The lowest BCUT2D eigenvalue weighted by atomic mass is 10.1. The van der Waals surface area contributed by atoms with Gasteiger partial charge in [-0.2, -0.15) is 18.2 Å². The van der Waals surface area contributed by atoms with Crippen LogP contribution < -0.4 is 16.0 Å². The van der Waals surface area contributed by atoms with Crippen molar-refractivity contribution >= 4 is 35.0 Å². The molecule has 182 valence electrons. The van der Waals surface area contributed by atoms with Crippen molar-refractivity contribution in [2.75, 3.05) is 35.6 Å². The second-order valence-electron chi connectivity index (χ2n) is 7.80. The maximum Gasteiger partial charge on any atom is 0.421 e. The molecule has 2 heterocycles. The number of piperidine rings is 1. The van der Waals surface area contributed by atoms with Gasteiger partial charge in [-0.3, -0.25) is 9.59 Å². The van der Waals surface area contributed by atoms with E-state index in [1.807, 2.05) is 0 Å². The number of rotatable bonds is 7. The van der Waals surface area contributed by atoms with E-state index in [4.69, 9.17) is 5.11 Å². The third-order valence-electron chi connectivity index (χ3n) is 5.21. The average Bonchev–Trinajstić information content (AvgIpc) is 2.79. The SMILES string of the molecule is C=CC(=O)Nc1cc(C)ccc1Nc1nc(NC2CCCN(C(=O)CO)C2)ncc1C(F)(F)F. The molecule has 9 nitrogen and oxygen atoms in total. The molecule has 0 radical (unpaired) electrons. The molecule has 2 aromatic rings. The largest absolute Gasteiger partial charge is 0.421 e. The number of nitrogens with one attached hydrogen (secondary N) is 3. The number of likely N-dealkylation sites (tertiary alicyclic amines) is 1. The monoisotopic (exact) mass is 478 g/mol. The number of carbonyl (C=O) groups is 2. The molecule has 0 aliphatic carbocycles. The van der Waals surface area contributed by atoms with E-state index in [9.17, 15) is 22.8 Å². The summed E-state index contributed by atoms with van der Waals surface area (Å²) in [6.45, 7) is 5.30. The van der Waals surface area contributed by atoms with Crippen molar-refractivity contribution in [1.82, 2.24) is 14.9 Å². The molecule has 4 N–H and O–H groups in total. The second-order valence-corrected chi connectivity index (χ2v) is 7.80. The van der Waals surface area contributed by atoms with Crippen LogP contribution in [0, 0.1) is 6.92 Å². The number of amides is 2. The van der Waals surface area contributed by atoms with Gasteiger partial charge >= 0.3 is 6.18 Å². The molecular weight excluding hydrogens is 453 g/mol. The Labute approximate surface area is 194 Å². The molecule has 1 saturated heterocycles. The molecule has 0 bridgehead atoms. The molecular formula is C22H25F3N6O3. The van der Waals surface area contributed by atoms with Gasteiger partial charge in [0.2, 0.25) is 17.8 Å². The van der Waals surface area contributed by atoms with Gasteiger partial charge in [0, 0.05) is 25.3 Å². The van der Waals surface area contributed by atoms with Gasteiger partial charge in [0.1, 0.15) is 18.0 Å². The highest BCUT2D eigenvalue weighted by molar-refractivity contribution is 6.01. The van der Waals surface area contributed by atoms with Crippen molar-refractivity contribution in [1.29, 1.82) is 0 Å². The number of anilines is 4. The first-order valence-electron chi connectivity index (χ1n) is 10.5. The minimum atomic E-state index is -4.73. The van der Waals surface area contributed by atoms with Gasteiger partial charge in [-0.1, -0.05) is 12.6 Å². The highest BCUT2D eigenvalue weighted by Crippen LogP contribution is 2.36. The van der Waals surface area contributed by atoms with Crippen LogP contribution >= 0.6 is 0 Å². The third-order valence-corrected chi connectivity index (χ3v) is 5.21. The lowest BCUT2D eigenvalue weighted by Crippen LogP contribution is -2.46. The summed E-state index contributed by atoms with van der Waals surface area (Å²) in [6, 6.07) is 4.51. The zero-order valence-electron chi connectivity index (χ0n) is 18.4. The van der Waals surface area contributed by atoms with E-state index in [1.54, 1.807) is 19.1 Å². The predicted octanol–water partition coefficient (Wildman–Crippen LogP) is 3.07. The van der Waals surface area contributed by atoms with Crippen LogP contribution in [0.15, 0.2) is 37.1 Å². The Morgan fingerprint density at radius 3 is 2.76 bits per heavy atom. The van der Waals surface area contributed by atoms with Crippen molar-refractivity contribution in [2.45, 2.75) is 32.0 Å². The number of aliphatic hydroxyl groups is 1. The van der Waals surface area contributed by atoms with Crippen LogP contribution in [0.4, 0.5) is 36.3 Å². The molecule has 2 amide bonds. The average molecular weight is 478 g/mol. The number of nitrogens with zero attached hydrogens (tertiary/aromatic N) is 3. The molecule has 1 aliphatic heterocycles. The summed E-state index contributed by atoms with van der Waals surface area (Å²) in [6.07, 6.45) is -1.70. The molecule has 1 atom stereocenters. The van der Waals surface area contributed by atoms with Crippen LogP contribution in [0.1, 0.15) is 24.0 Å². The fourth-order valence-electron chi connectivity index (χ4n) is 3.54. The van der Waals surface area contributed by atoms with Gasteiger partial charge in [-0.15, -0.1) is 0 Å². The van der Waals surface area contributed by atoms with Crippen LogP contribution in [-0.4, -0.2) is 57.5 Å². The Morgan fingerprint density at radius 2 is 2.09 bits per heavy atom. The normalized spacial score (nSPS) is 16.0. The first-order valence-corrected chi connectivity index (χ1v) is 10.5. The number of hydrogen-bond donors (Lipinski definition) is 4. The number of alkyl halides is 3. The van der Waals surface area contributed by atoms with Gasteiger partial charge in [-0.25, -0.2) is 4.98 Å². The zero-order valence-corrected chi connectivity index (χ0v) is 18.4. The number of benzene rings is 1. The minimum absolute atomic E-state index is 0.0532. The lowest BCUT2D eigenvalue weighted by molar-refractivity contribution is -0.137. The summed E-state index contributed by atoms with van der Waals surface area (Å²) in [7, 11) is 0. The highest BCUT2D eigenvalue weighted by atomic mass is 19.4. The Morgan fingerprint density at radius 1 is 1.32 bits per heavy atom. The molecule has 1 fully saturated rings. The summed E-state index contributed by atoms with van der Waals surface area (Å²) >= 11 is 0. The summed E-state index contributed by atoms with van der Waals surface area (Å²) in [5.74, 6) is -1.49. The second kappa shape index (κ2) is 10.5. The van der Waals surface area contributed by atoms with E-state index in [2.05, 4.69) is 32.5 Å². The van der Waals surface area contributed by atoms with Crippen molar-refractivity contribution in [3.05, 3.63) is 48.2 Å². The molecule has 1 aliphatic rings. The predicted molar refractivity (Wildman–Crippen MR) is 121 cm³/mol. The smallest absolute Gasteiger partial charge is 0.387 e. The Kier molecular flexibility index (Phi) is 7.72. The van der Waals surface area contributed by atoms with Gasteiger partial charge in [0.25, 0.3) is 0 Å². The van der Waals surface area contributed by atoms with Gasteiger partial charge in [-0.05, 0) is 43.5 Å². The summed E-state index contributed by atoms with van der Waals surface area (Å²) < 4.78 is 41.0. The first-order chi connectivity index (χ1) is 16.1. The third kappa shape index (κ3) is 6.22. The highest BCUT2D eigenvalue weighted by Gasteiger charge is 2.36. The summed E-state index contributed by atoms with van der Waals surface area (Å²) in [4.78, 5) is 32.9. The van der Waals surface area contributed by atoms with Crippen LogP contribution in [-0.2, 0) is 15.8 Å². The van der Waals surface area contributed by atoms with Gasteiger partial charge in [0.15, 0.2) is 0 Å². The molecule has 1 aromatic carbocycles. The standard InChI is InChI=1S/C22H25F3N6O3/c1-3-18(33)28-17-9-13(2)6-7-16(17)29-20-15(22(23,24)25)10-26-21(30-20)27-14-5-4-8-31(11-14)19(34)12-32/h3,6-7,9-10,14,32H,1,4-5,8,11-12H2,2H3,(H,28,33)(H2,26,27,29,30). The minimum Gasteiger partial charge on any atom is -0.387 e. The van der Waals surface area contributed by atoms with Crippen molar-refractivity contribution in [3.63, 3.8) is 0 Å². The fourth-order valence-corrected chi connectivity index (χ4v) is 3.54. The van der Waals surface area contributed by atoms with Crippen molar-refractivity contribution in [2.24, 2.45) is 0 Å². The van der Waals surface area contributed by atoms with E-state index in [0.717, 1.165) is 11.6 Å². The molecule has 1 aromatic heterocycles. The van der Waals surface area contributed by atoms with Crippen LogP contribution in [0.5, 0.6) is 0 Å². The Bertz CT molecular complexity index is 1080. The molecule has 0 saturated carbocycles. The fraction of sp³-hybridized carbons (Fsp3) is 0.364. The number of aromatic nitrogens is 2. The first kappa shape index (κ1) is 25.0. The number of halogens is 3. The topological polar surface area (TPSA) is 119 Å². The zero-order chi connectivity index (χ0) is 24.9. The molecule has 12 heteroatoms. The number of carbonyl (C=O) groups excluding carboxylic acids is 2. The van der Waals surface area contributed by atoms with Crippen LogP contribution in [0.25, 0.3) is 0 Å². The van der Waals surface area contributed by atoms with Gasteiger partial charge in [0.05, 0.1) is 11.4 Å². The van der Waals surface area contributed by atoms with Crippen LogP contribution in [0.3, 0.4) is 0 Å². The molecule has 1 unspecified atom stereocenters. The van der Waals surface area contributed by atoms with E-state index >= 15 is 0 Å². The summed E-state index contributed by atoms with van der Waals surface area (Å²) in [5, 5.41) is 17.3. The van der Waals surface area contributed by atoms with E-state index in [1.165, 1.54) is 11.0 Å². The Balaban J connectivity index is 1.90. The maximum atomic E-state index is 13.7.